The van der Waals surface area contributed by atoms with Gasteiger partial charge in [0.1, 0.15) is 0 Å². The summed E-state index contributed by atoms with van der Waals surface area (Å²) in [7, 11) is 0. The maximum Gasteiger partial charge on any atom is 0.460 e. The SMILES string of the molecule is OC/C=C/CCC(CCCCCC(F)(F)C(F)(F)C(F)(F)C(F)(F)C(F)(F)C(F)(F)C(F)(F)C(F)(F)F)(CCCCCC(F)(F)C(F)(F)C(F)(F)C(F)(F)C(F)(F)C(F)(F)C(F)(F)C(F)(F)F)CCC(F)(F)C(F)(F)C(F)(F)C(F)(F)C(F)(F)C(F)(F)C(F)(F)C(F)(F)F. The fraction of sp³-hybridized carbons (Fsp3) is 0.952. The molecule has 0 atom stereocenters. The molecule has 0 amide bonds. The molecular formula is C42H33F51O. The van der Waals surface area contributed by atoms with Crippen molar-refractivity contribution in [2.24, 2.45) is 5.41 Å². The summed E-state index contributed by atoms with van der Waals surface area (Å²) in [5, 5.41) is 8.95. The predicted molar refractivity (Wildman–Crippen MR) is 205 cm³/mol. The lowest BCUT2D eigenvalue weighted by atomic mass is 9.70. The molecule has 0 unspecified atom stereocenters. The second kappa shape index (κ2) is 26.0. The minimum Gasteiger partial charge on any atom is -0.392 e. The van der Waals surface area contributed by atoms with E-state index in [1.807, 2.05) is 0 Å². The van der Waals surface area contributed by atoms with E-state index in [1.54, 1.807) is 0 Å². The van der Waals surface area contributed by atoms with Gasteiger partial charge in [-0.15, -0.1) is 0 Å². The van der Waals surface area contributed by atoms with Gasteiger partial charge in [-0.1, -0.05) is 37.8 Å². The van der Waals surface area contributed by atoms with Crippen LogP contribution in [0.2, 0.25) is 0 Å². The van der Waals surface area contributed by atoms with Gasteiger partial charge in [0.25, 0.3) is 0 Å². The van der Waals surface area contributed by atoms with E-state index in [4.69, 9.17) is 5.11 Å². The van der Waals surface area contributed by atoms with Gasteiger partial charge in [-0.25, -0.2) is 0 Å². The molecular weight excluding hydrogens is 1490 g/mol. The quantitative estimate of drug-likeness (QED) is 0.0373. The number of halogens is 51. The highest BCUT2D eigenvalue weighted by molar-refractivity contribution is 5.18. The van der Waals surface area contributed by atoms with Gasteiger partial charge in [0.05, 0.1) is 6.61 Å². The average Bonchev–Trinajstić information content (AvgIpc) is 0.709. The summed E-state index contributed by atoms with van der Waals surface area (Å²) in [6.07, 6.45) is -54.8. The van der Waals surface area contributed by atoms with E-state index in [2.05, 4.69) is 0 Å². The molecule has 0 fully saturated rings. The van der Waals surface area contributed by atoms with Gasteiger partial charge < -0.3 is 5.11 Å². The second-order valence-corrected chi connectivity index (χ2v) is 20.3. The fourth-order valence-electron chi connectivity index (χ4n) is 7.86. The zero-order valence-electron chi connectivity index (χ0n) is 44.0. The Kier molecular flexibility index (Phi) is 24.9. The molecule has 94 heavy (non-hydrogen) atoms. The van der Waals surface area contributed by atoms with Crippen LogP contribution in [0.5, 0.6) is 0 Å². The second-order valence-electron chi connectivity index (χ2n) is 20.3. The average molecular weight is 1520 g/mol. The van der Waals surface area contributed by atoms with E-state index in [-0.39, 0.29) is 0 Å². The van der Waals surface area contributed by atoms with Crippen molar-refractivity contribution in [2.75, 3.05) is 6.61 Å². The largest absolute Gasteiger partial charge is 0.460 e. The molecule has 0 spiro atoms. The third kappa shape index (κ3) is 13.9. The van der Waals surface area contributed by atoms with Crippen molar-refractivity contribution in [3.05, 3.63) is 12.2 Å². The minimum absolute atomic E-state index is 0.426. The summed E-state index contributed by atoms with van der Waals surface area (Å²) < 4.78 is 705. The molecule has 0 heterocycles. The standard InChI is InChI=1S/C42H33F51O/c43-19(44,22(49,50)25(55,56)28(61,62)31(67,68)34(73,74)37(79,80)40(85,86)87)13-7-1-4-10-18(12-6-3-9-17-94,15-16-21(47,48)24(53,54)27(59,60)30(65,66)33(71,72)36(77,78)39(83,84)42(91,92)93)11-5-2-8-14-20(45,46)23(51,52)26(57,58)29(63,64)32(69,70)35(75,76)38(81,82)41(88,89)90/h3,9,94H,1-2,4-8,10-17H2/b9-3+. The molecule has 0 aromatic rings. The molecule has 52 heteroatoms. The van der Waals surface area contributed by atoms with Crippen LogP contribution in [0, 0.1) is 5.41 Å². The first kappa shape index (κ1) is 90.1. The number of hydrogen-bond acceptors (Lipinski definition) is 1. The number of rotatable bonds is 37. The first-order valence-corrected chi connectivity index (χ1v) is 23.8. The number of hydrogen-bond donors (Lipinski definition) is 1. The summed E-state index contributed by atoms with van der Waals surface area (Å²) in [6.45, 7) is -1.26. The maximum absolute atomic E-state index is 15.3. The van der Waals surface area contributed by atoms with Gasteiger partial charge in [-0.2, -0.15) is 224 Å². The molecule has 564 valence electrons. The normalized spacial score (nSPS) is 16.7. The van der Waals surface area contributed by atoms with Crippen molar-refractivity contribution < 1.29 is 229 Å². The number of unbranched alkanes of at least 4 members (excludes halogenated alkanes) is 4. The topological polar surface area (TPSA) is 20.2 Å². The van der Waals surface area contributed by atoms with Crippen LogP contribution in [0.4, 0.5) is 224 Å². The van der Waals surface area contributed by atoms with Crippen LogP contribution in [0.1, 0.15) is 89.9 Å². The molecule has 0 aliphatic heterocycles. The lowest BCUT2D eigenvalue weighted by Crippen LogP contribution is -2.74. The molecule has 0 saturated heterocycles. The zero-order chi connectivity index (χ0) is 76.5. The van der Waals surface area contributed by atoms with Crippen LogP contribution in [-0.4, -0.2) is 155 Å². The van der Waals surface area contributed by atoms with Crippen LogP contribution < -0.4 is 0 Å². The van der Waals surface area contributed by atoms with Crippen molar-refractivity contribution in [1.29, 1.82) is 0 Å². The van der Waals surface area contributed by atoms with Gasteiger partial charge in [0.2, 0.25) is 0 Å². The van der Waals surface area contributed by atoms with Crippen LogP contribution in [-0.2, 0) is 0 Å². The Morgan fingerprint density at radius 2 is 0.351 bits per heavy atom. The lowest BCUT2D eigenvalue weighted by Gasteiger charge is -2.43. The predicted octanol–water partition coefficient (Wildman–Crippen LogP) is 22.0. The van der Waals surface area contributed by atoms with Gasteiger partial charge in [-0.3, -0.25) is 0 Å². The molecule has 0 aromatic heterocycles. The van der Waals surface area contributed by atoms with E-state index in [0.717, 1.165) is 0 Å². The van der Waals surface area contributed by atoms with Crippen molar-refractivity contribution in [1.82, 2.24) is 0 Å². The van der Waals surface area contributed by atoms with Crippen LogP contribution in [0.25, 0.3) is 0 Å². The fourth-order valence-corrected chi connectivity index (χ4v) is 7.86. The Labute approximate surface area is 486 Å². The van der Waals surface area contributed by atoms with Crippen LogP contribution in [0.3, 0.4) is 0 Å². The first-order valence-electron chi connectivity index (χ1n) is 23.8. The molecule has 1 N–H and O–H groups in total. The molecule has 1 nitrogen and oxygen atoms in total. The Balaban J connectivity index is 7.87. The summed E-state index contributed by atoms with van der Waals surface area (Å²) in [4.78, 5) is 0. The molecule has 0 aliphatic rings. The summed E-state index contributed by atoms with van der Waals surface area (Å²) >= 11 is 0. The third-order valence-electron chi connectivity index (χ3n) is 13.8. The molecule has 0 radical (unpaired) electrons. The van der Waals surface area contributed by atoms with E-state index in [9.17, 15) is 215 Å². The van der Waals surface area contributed by atoms with E-state index in [1.165, 1.54) is 0 Å². The van der Waals surface area contributed by atoms with E-state index < -0.39 is 245 Å². The van der Waals surface area contributed by atoms with Crippen molar-refractivity contribution >= 4 is 0 Å². The van der Waals surface area contributed by atoms with E-state index >= 15 is 8.78 Å². The maximum atomic E-state index is 15.3. The van der Waals surface area contributed by atoms with Crippen LogP contribution >= 0.6 is 0 Å². The Bertz CT molecular complexity index is 2390. The van der Waals surface area contributed by atoms with Crippen molar-refractivity contribution in [2.45, 2.75) is 233 Å². The van der Waals surface area contributed by atoms with Crippen LogP contribution in [0.15, 0.2) is 12.2 Å². The van der Waals surface area contributed by atoms with Crippen molar-refractivity contribution in [3.63, 3.8) is 0 Å². The number of allylic oxidation sites excluding steroid dienone is 1. The molecule has 0 aliphatic carbocycles. The smallest absolute Gasteiger partial charge is 0.392 e. The Morgan fingerprint density at radius 1 is 0.170 bits per heavy atom. The van der Waals surface area contributed by atoms with E-state index in [0.29, 0.717) is 12.2 Å². The van der Waals surface area contributed by atoms with Gasteiger partial charge >= 0.3 is 143 Å². The molecule has 0 aromatic carbocycles. The zero-order valence-corrected chi connectivity index (χ0v) is 44.0. The van der Waals surface area contributed by atoms with Gasteiger partial charge in [-0.05, 0) is 50.4 Å². The van der Waals surface area contributed by atoms with Gasteiger partial charge in [0.15, 0.2) is 0 Å². The number of aliphatic hydroxyl groups excluding tert-OH is 1. The highest BCUT2D eigenvalue weighted by Crippen LogP contribution is 2.69. The Morgan fingerprint density at radius 3 is 0.553 bits per heavy atom. The highest BCUT2D eigenvalue weighted by Gasteiger charge is 2.98. The monoisotopic (exact) mass is 1520 g/mol. The molecule has 0 rings (SSSR count). The van der Waals surface area contributed by atoms with Crippen molar-refractivity contribution in [3.8, 4) is 0 Å². The molecule has 0 bridgehead atoms. The summed E-state index contributed by atoms with van der Waals surface area (Å²) in [5.74, 6) is -183. The third-order valence-corrected chi connectivity index (χ3v) is 13.8. The minimum atomic E-state index is -9.32. The highest BCUT2D eigenvalue weighted by atomic mass is 19.5. The Hall–Kier alpha value is -3.87. The summed E-state index contributed by atoms with van der Waals surface area (Å²) in [6, 6.07) is 0. The lowest BCUT2D eigenvalue weighted by molar-refractivity contribution is -0.462. The first-order chi connectivity index (χ1) is 40.4. The summed E-state index contributed by atoms with van der Waals surface area (Å²) in [5.41, 5.74) is -3.23. The van der Waals surface area contributed by atoms with Gasteiger partial charge in [0, 0.05) is 19.3 Å². The molecule has 0 saturated carbocycles. The number of aliphatic hydroxyl groups is 1. The number of alkyl halides is 51.